The highest BCUT2D eigenvalue weighted by molar-refractivity contribution is 5.32. The third kappa shape index (κ3) is 3.32. The van der Waals surface area contributed by atoms with Crippen LogP contribution in [0.4, 0.5) is 0 Å². The van der Waals surface area contributed by atoms with Crippen molar-refractivity contribution in [2.45, 2.75) is 59.8 Å². The Morgan fingerprint density at radius 1 is 0.941 bits per heavy atom. The standard InChI is InChI=1S/C16H26.H2O/c1-12(2)13-9-8-10-14(11-13)16(6,7)15(3,4)5;/h8-12H,1-7H3;1H2. The molecule has 1 heteroatoms. The molecule has 0 bridgehead atoms. The maximum Gasteiger partial charge on any atom is -0.00550 e. The summed E-state index contributed by atoms with van der Waals surface area (Å²) in [5.41, 5.74) is 3.38. The van der Waals surface area contributed by atoms with Crippen LogP contribution in [0.2, 0.25) is 0 Å². The van der Waals surface area contributed by atoms with Gasteiger partial charge in [0.1, 0.15) is 0 Å². The van der Waals surface area contributed by atoms with Crippen molar-refractivity contribution >= 4 is 0 Å². The van der Waals surface area contributed by atoms with E-state index in [9.17, 15) is 0 Å². The summed E-state index contributed by atoms with van der Waals surface area (Å²) in [5, 5.41) is 0. The van der Waals surface area contributed by atoms with Crippen LogP contribution in [0.3, 0.4) is 0 Å². The number of hydrogen-bond acceptors (Lipinski definition) is 0. The van der Waals surface area contributed by atoms with Gasteiger partial charge in [-0.1, -0.05) is 72.7 Å². The summed E-state index contributed by atoms with van der Waals surface area (Å²) in [5.74, 6) is 0.607. The smallest absolute Gasteiger partial charge is 0.00550 e. The zero-order valence-corrected chi connectivity index (χ0v) is 12.4. The van der Waals surface area contributed by atoms with Crippen LogP contribution in [0, 0.1) is 5.41 Å². The molecule has 0 fully saturated rings. The maximum atomic E-state index is 2.37. The lowest BCUT2D eigenvalue weighted by Gasteiger charge is -2.39. The van der Waals surface area contributed by atoms with E-state index in [4.69, 9.17) is 0 Å². The van der Waals surface area contributed by atoms with Crippen molar-refractivity contribution in [3.63, 3.8) is 0 Å². The highest BCUT2D eigenvalue weighted by atomic mass is 16.0. The zero-order chi connectivity index (χ0) is 12.6. The van der Waals surface area contributed by atoms with Gasteiger partial charge in [0.2, 0.25) is 0 Å². The quantitative estimate of drug-likeness (QED) is 0.733. The number of rotatable bonds is 2. The lowest BCUT2D eigenvalue weighted by molar-refractivity contribution is 0.225. The predicted octanol–water partition coefficient (Wildman–Crippen LogP) is 4.31. The predicted molar refractivity (Wildman–Crippen MR) is 76.6 cm³/mol. The third-order valence-corrected chi connectivity index (χ3v) is 4.15. The topological polar surface area (TPSA) is 31.5 Å². The molecule has 0 aliphatic rings. The molecular weight excluding hydrogens is 208 g/mol. The summed E-state index contributed by atoms with van der Waals surface area (Å²) in [6.45, 7) is 16.1. The van der Waals surface area contributed by atoms with Crippen LogP contribution in [-0.2, 0) is 5.41 Å². The Bertz CT molecular complexity index is 356. The molecule has 0 aromatic heterocycles. The van der Waals surface area contributed by atoms with Gasteiger partial charge >= 0.3 is 0 Å². The van der Waals surface area contributed by atoms with Crippen LogP contribution in [0.5, 0.6) is 0 Å². The fourth-order valence-corrected chi connectivity index (χ4v) is 1.72. The van der Waals surface area contributed by atoms with Crippen LogP contribution >= 0.6 is 0 Å². The Kier molecular flexibility index (Phi) is 4.97. The largest absolute Gasteiger partial charge is 0.412 e. The molecule has 0 spiro atoms. The second-order valence-corrected chi connectivity index (χ2v) is 6.66. The van der Waals surface area contributed by atoms with Crippen molar-refractivity contribution in [2.24, 2.45) is 5.41 Å². The molecule has 1 aromatic carbocycles. The van der Waals surface area contributed by atoms with Gasteiger partial charge in [0.25, 0.3) is 0 Å². The monoisotopic (exact) mass is 236 g/mol. The third-order valence-electron chi connectivity index (χ3n) is 4.15. The average molecular weight is 236 g/mol. The van der Waals surface area contributed by atoms with Gasteiger partial charge < -0.3 is 5.48 Å². The highest BCUT2D eigenvalue weighted by Crippen LogP contribution is 2.41. The van der Waals surface area contributed by atoms with Gasteiger partial charge in [0.15, 0.2) is 0 Å². The van der Waals surface area contributed by atoms with Gasteiger partial charge in [-0.05, 0) is 27.9 Å². The van der Waals surface area contributed by atoms with E-state index in [1.54, 1.807) is 0 Å². The van der Waals surface area contributed by atoms with Gasteiger partial charge in [-0.3, -0.25) is 0 Å². The Morgan fingerprint density at radius 2 is 1.47 bits per heavy atom. The van der Waals surface area contributed by atoms with Gasteiger partial charge in [-0.2, -0.15) is 0 Å². The Balaban J connectivity index is 0.00000256. The number of hydrogen-bond donors (Lipinski definition) is 0. The van der Waals surface area contributed by atoms with Crippen LogP contribution in [0.1, 0.15) is 65.5 Å². The van der Waals surface area contributed by atoms with E-state index in [-0.39, 0.29) is 16.3 Å². The van der Waals surface area contributed by atoms with E-state index in [1.165, 1.54) is 11.1 Å². The second kappa shape index (κ2) is 5.22. The molecule has 0 heterocycles. The summed E-state index contributed by atoms with van der Waals surface area (Å²) in [7, 11) is 0. The summed E-state index contributed by atoms with van der Waals surface area (Å²) < 4.78 is 0. The van der Waals surface area contributed by atoms with Crippen LogP contribution in [-0.4, -0.2) is 5.48 Å². The second-order valence-electron chi connectivity index (χ2n) is 6.66. The van der Waals surface area contributed by atoms with E-state index in [2.05, 4.69) is 72.7 Å². The molecule has 0 aliphatic heterocycles. The van der Waals surface area contributed by atoms with Gasteiger partial charge in [0, 0.05) is 0 Å². The molecular formula is C16H28O. The summed E-state index contributed by atoms with van der Waals surface area (Å²) in [6, 6.07) is 9.05. The molecule has 0 amide bonds. The normalized spacial score (nSPS) is 12.5. The van der Waals surface area contributed by atoms with Crippen LogP contribution in [0.15, 0.2) is 24.3 Å². The maximum absolute atomic E-state index is 2.37. The summed E-state index contributed by atoms with van der Waals surface area (Å²) in [6.07, 6.45) is 0. The first kappa shape index (κ1) is 16.2. The van der Waals surface area contributed by atoms with Crippen molar-refractivity contribution < 1.29 is 5.48 Å². The molecule has 1 aromatic rings. The lowest BCUT2D eigenvalue weighted by Crippen LogP contribution is -2.34. The molecule has 0 saturated heterocycles. The molecule has 1 rings (SSSR count). The zero-order valence-electron chi connectivity index (χ0n) is 12.4. The van der Waals surface area contributed by atoms with Gasteiger partial charge in [-0.25, -0.2) is 0 Å². The minimum Gasteiger partial charge on any atom is -0.412 e. The van der Waals surface area contributed by atoms with Crippen molar-refractivity contribution in [2.75, 3.05) is 0 Å². The highest BCUT2D eigenvalue weighted by Gasteiger charge is 2.34. The molecule has 2 N–H and O–H groups in total. The van der Waals surface area contributed by atoms with Crippen molar-refractivity contribution in [1.82, 2.24) is 0 Å². The summed E-state index contributed by atoms with van der Waals surface area (Å²) >= 11 is 0. The van der Waals surface area contributed by atoms with Crippen molar-refractivity contribution in [1.29, 1.82) is 0 Å². The molecule has 0 radical (unpaired) electrons. The molecule has 0 saturated carbocycles. The molecule has 17 heavy (non-hydrogen) atoms. The van der Waals surface area contributed by atoms with Gasteiger partial charge in [0.05, 0.1) is 0 Å². The van der Waals surface area contributed by atoms with E-state index in [0.717, 1.165) is 0 Å². The first-order valence-electron chi connectivity index (χ1n) is 6.26. The van der Waals surface area contributed by atoms with E-state index in [0.29, 0.717) is 5.92 Å². The van der Waals surface area contributed by atoms with E-state index < -0.39 is 0 Å². The van der Waals surface area contributed by atoms with Crippen LogP contribution in [0.25, 0.3) is 0 Å². The SMILES string of the molecule is CC(C)c1cccc(C(C)(C)C(C)(C)C)c1.O. The molecule has 98 valence electrons. The first-order valence-corrected chi connectivity index (χ1v) is 6.26. The van der Waals surface area contributed by atoms with E-state index in [1.807, 2.05) is 0 Å². The Morgan fingerprint density at radius 3 is 1.88 bits per heavy atom. The van der Waals surface area contributed by atoms with Gasteiger partial charge in [-0.15, -0.1) is 0 Å². The Hall–Kier alpha value is -0.820. The Labute approximate surface area is 107 Å². The fraction of sp³-hybridized carbons (Fsp3) is 0.625. The lowest BCUT2D eigenvalue weighted by atomic mass is 9.65. The van der Waals surface area contributed by atoms with Crippen molar-refractivity contribution in [3.8, 4) is 0 Å². The molecule has 0 aliphatic carbocycles. The molecule has 0 unspecified atom stereocenters. The first-order chi connectivity index (χ1) is 7.16. The average Bonchev–Trinajstić information content (AvgIpc) is 2.16. The molecule has 1 nitrogen and oxygen atoms in total. The summed E-state index contributed by atoms with van der Waals surface area (Å²) in [4.78, 5) is 0. The fourth-order valence-electron chi connectivity index (χ4n) is 1.72. The molecule has 0 atom stereocenters. The number of benzene rings is 1. The van der Waals surface area contributed by atoms with Crippen molar-refractivity contribution in [3.05, 3.63) is 35.4 Å². The minimum atomic E-state index is 0. The van der Waals surface area contributed by atoms with E-state index >= 15 is 0 Å². The minimum absolute atomic E-state index is 0. The van der Waals surface area contributed by atoms with Crippen LogP contribution < -0.4 is 0 Å².